The molecule has 2 heteroatoms. The van der Waals surface area contributed by atoms with E-state index in [1.54, 1.807) is 0 Å². The van der Waals surface area contributed by atoms with Gasteiger partial charge < -0.3 is 10.4 Å². The summed E-state index contributed by atoms with van der Waals surface area (Å²) >= 11 is 0. The molecule has 2 rings (SSSR count). The van der Waals surface area contributed by atoms with E-state index >= 15 is 0 Å². The fourth-order valence-corrected chi connectivity index (χ4v) is 3.07. The minimum Gasteiger partial charge on any atom is -0.396 e. The first-order valence-corrected chi connectivity index (χ1v) is 6.90. The van der Waals surface area contributed by atoms with Crippen molar-refractivity contribution in [2.75, 3.05) is 19.7 Å². The fraction of sp³-hybridized carbons (Fsp3) is 1.00. The molecule has 2 aliphatic carbocycles. The highest BCUT2D eigenvalue weighted by atomic mass is 16.3. The van der Waals surface area contributed by atoms with Gasteiger partial charge in [-0.25, -0.2) is 0 Å². The zero-order valence-electron chi connectivity index (χ0n) is 10.9. The summed E-state index contributed by atoms with van der Waals surface area (Å²) in [5.74, 6) is 0.907. The third-order valence-corrected chi connectivity index (χ3v) is 4.83. The molecule has 0 radical (unpaired) electrons. The van der Waals surface area contributed by atoms with Crippen molar-refractivity contribution < 1.29 is 5.11 Å². The van der Waals surface area contributed by atoms with Crippen LogP contribution in [-0.2, 0) is 0 Å². The van der Waals surface area contributed by atoms with Crippen molar-refractivity contribution in [1.29, 1.82) is 0 Å². The van der Waals surface area contributed by atoms with Crippen LogP contribution >= 0.6 is 0 Å². The minimum absolute atomic E-state index is 0.256. The molecular formula is C14H27NO. The summed E-state index contributed by atoms with van der Waals surface area (Å²) < 4.78 is 0. The molecule has 0 saturated heterocycles. The molecule has 2 nitrogen and oxygen atoms in total. The van der Waals surface area contributed by atoms with Crippen molar-refractivity contribution in [2.24, 2.45) is 16.7 Å². The van der Waals surface area contributed by atoms with Gasteiger partial charge in [-0.15, -0.1) is 0 Å². The van der Waals surface area contributed by atoms with Gasteiger partial charge in [0.15, 0.2) is 0 Å². The Kier molecular flexibility index (Phi) is 3.60. The predicted molar refractivity (Wildman–Crippen MR) is 67.4 cm³/mol. The molecule has 0 aromatic rings. The van der Waals surface area contributed by atoms with Gasteiger partial charge in [0, 0.05) is 25.1 Å². The maximum atomic E-state index is 9.26. The Morgan fingerprint density at radius 1 is 1.25 bits per heavy atom. The molecule has 0 heterocycles. The molecule has 2 aliphatic rings. The topological polar surface area (TPSA) is 32.3 Å². The van der Waals surface area contributed by atoms with E-state index in [0.29, 0.717) is 12.0 Å². The Hall–Kier alpha value is -0.0800. The molecule has 2 fully saturated rings. The highest BCUT2D eigenvalue weighted by Crippen LogP contribution is 2.44. The fourth-order valence-electron chi connectivity index (χ4n) is 3.07. The van der Waals surface area contributed by atoms with E-state index in [9.17, 15) is 5.11 Å². The molecule has 94 valence electrons. The second kappa shape index (κ2) is 4.66. The highest BCUT2D eigenvalue weighted by molar-refractivity contribution is 4.95. The first kappa shape index (κ1) is 12.4. The first-order valence-electron chi connectivity index (χ1n) is 6.90. The number of nitrogens with one attached hydrogen (secondary N) is 1. The van der Waals surface area contributed by atoms with E-state index in [2.05, 4.69) is 19.2 Å². The predicted octanol–water partition coefficient (Wildman–Crippen LogP) is 2.56. The van der Waals surface area contributed by atoms with Crippen LogP contribution in [0.3, 0.4) is 0 Å². The van der Waals surface area contributed by atoms with Gasteiger partial charge >= 0.3 is 0 Å². The molecular weight excluding hydrogens is 198 g/mol. The zero-order valence-corrected chi connectivity index (χ0v) is 10.9. The molecule has 2 N–H and O–H groups in total. The summed E-state index contributed by atoms with van der Waals surface area (Å²) in [7, 11) is 0. The Morgan fingerprint density at radius 3 is 2.38 bits per heavy atom. The lowest BCUT2D eigenvalue weighted by Crippen LogP contribution is -2.38. The van der Waals surface area contributed by atoms with E-state index in [0.717, 1.165) is 19.0 Å². The maximum absolute atomic E-state index is 9.26. The van der Waals surface area contributed by atoms with Crippen molar-refractivity contribution in [1.82, 2.24) is 5.32 Å². The van der Waals surface area contributed by atoms with E-state index in [-0.39, 0.29) is 5.41 Å². The second-order valence-corrected chi connectivity index (χ2v) is 6.73. The van der Waals surface area contributed by atoms with Crippen LogP contribution in [0, 0.1) is 16.7 Å². The average Bonchev–Trinajstić information content (AvgIpc) is 2.81. The van der Waals surface area contributed by atoms with Crippen LogP contribution in [0.1, 0.15) is 52.4 Å². The van der Waals surface area contributed by atoms with Crippen LogP contribution in [0.15, 0.2) is 0 Å². The van der Waals surface area contributed by atoms with Crippen molar-refractivity contribution in [3.63, 3.8) is 0 Å². The normalized spacial score (nSPS) is 24.9. The Balaban J connectivity index is 1.71. The van der Waals surface area contributed by atoms with Crippen LogP contribution in [-0.4, -0.2) is 24.8 Å². The third-order valence-electron chi connectivity index (χ3n) is 4.83. The van der Waals surface area contributed by atoms with Crippen molar-refractivity contribution in [3.8, 4) is 0 Å². The lowest BCUT2D eigenvalue weighted by molar-refractivity contribution is 0.179. The molecule has 0 unspecified atom stereocenters. The van der Waals surface area contributed by atoms with Gasteiger partial charge in [-0.1, -0.05) is 26.7 Å². The first-order chi connectivity index (χ1) is 7.58. The van der Waals surface area contributed by atoms with Crippen molar-refractivity contribution in [2.45, 2.75) is 52.4 Å². The number of hydrogen-bond donors (Lipinski definition) is 2. The van der Waals surface area contributed by atoms with Crippen LogP contribution in [0.25, 0.3) is 0 Å². The molecule has 0 amide bonds. The number of aliphatic hydroxyl groups is 1. The SMILES string of the molecule is CC(C)(CNCC1(CO)CC1)C1CCCC1. The van der Waals surface area contributed by atoms with Gasteiger partial charge in [0.05, 0.1) is 0 Å². The summed E-state index contributed by atoms with van der Waals surface area (Å²) in [6.07, 6.45) is 8.10. The standard InChI is InChI=1S/C14H27NO/c1-13(2,12-5-3-4-6-12)9-15-10-14(11-16)7-8-14/h12,15-16H,3-11H2,1-2H3. The van der Waals surface area contributed by atoms with Crippen LogP contribution in [0.4, 0.5) is 0 Å². The summed E-state index contributed by atoms with van der Waals surface area (Å²) in [6, 6.07) is 0. The van der Waals surface area contributed by atoms with Gasteiger partial charge in [0.2, 0.25) is 0 Å². The number of hydrogen-bond acceptors (Lipinski definition) is 2. The van der Waals surface area contributed by atoms with E-state index in [4.69, 9.17) is 0 Å². The maximum Gasteiger partial charge on any atom is 0.0499 e. The zero-order chi connectivity index (χ0) is 11.6. The van der Waals surface area contributed by atoms with Gasteiger partial charge in [0.1, 0.15) is 0 Å². The molecule has 0 bridgehead atoms. The quantitative estimate of drug-likeness (QED) is 0.728. The Labute approximate surface area is 99.8 Å². The number of aliphatic hydroxyl groups excluding tert-OH is 1. The van der Waals surface area contributed by atoms with E-state index in [1.165, 1.54) is 38.5 Å². The second-order valence-electron chi connectivity index (χ2n) is 6.73. The molecule has 2 saturated carbocycles. The van der Waals surface area contributed by atoms with Crippen LogP contribution in [0.5, 0.6) is 0 Å². The van der Waals surface area contributed by atoms with Crippen molar-refractivity contribution in [3.05, 3.63) is 0 Å². The van der Waals surface area contributed by atoms with Gasteiger partial charge in [-0.05, 0) is 37.0 Å². The lowest BCUT2D eigenvalue weighted by Gasteiger charge is -2.32. The molecule has 0 atom stereocenters. The van der Waals surface area contributed by atoms with Gasteiger partial charge in [-0.3, -0.25) is 0 Å². The molecule has 16 heavy (non-hydrogen) atoms. The molecule has 0 aromatic carbocycles. The summed E-state index contributed by atoms with van der Waals surface area (Å²) in [4.78, 5) is 0. The third kappa shape index (κ3) is 2.78. The number of rotatable bonds is 6. The van der Waals surface area contributed by atoms with E-state index < -0.39 is 0 Å². The largest absolute Gasteiger partial charge is 0.396 e. The summed E-state index contributed by atoms with van der Waals surface area (Å²) in [5, 5.41) is 12.9. The Morgan fingerprint density at radius 2 is 1.88 bits per heavy atom. The average molecular weight is 225 g/mol. The summed E-state index contributed by atoms with van der Waals surface area (Å²) in [6.45, 7) is 7.28. The summed E-state index contributed by atoms with van der Waals surface area (Å²) in [5.41, 5.74) is 0.688. The van der Waals surface area contributed by atoms with Crippen molar-refractivity contribution >= 4 is 0 Å². The molecule has 0 aliphatic heterocycles. The minimum atomic E-state index is 0.256. The van der Waals surface area contributed by atoms with Crippen LogP contribution in [0.2, 0.25) is 0 Å². The van der Waals surface area contributed by atoms with Gasteiger partial charge in [-0.2, -0.15) is 0 Å². The molecule has 0 spiro atoms. The van der Waals surface area contributed by atoms with E-state index in [1.807, 2.05) is 0 Å². The lowest BCUT2D eigenvalue weighted by atomic mass is 9.77. The van der Waals surface area contributed by atoms with Gasteiger partial charge in [0.25, 0.3) is 0 Å². The smallest absolute Gasteiger partial charge is 0.0499 e. The highest BCUT2D eigenvalue weighted by Gasteiger charge is 2.42. The Bertz CT molecular complexity index is 227. The molecule has 0 aromatic heterocycles. The monoisotopic (exact) mass is 225 g/mol. The van der Waals surface area contributed by atoms with Crippen LogP contribution < -0.4 is 5.32 Å².